The Labute approximate surface area is 166 Å². The zero-order valence-electron chi connectivity index (χ0n) is 17.1. The van der Waals surface area contributed by atoms with Crippen LogP contribution < -0.4 is 11.0 Å². The van der Waals surface area contributed by atoms with Gasteiger partial charge in [-0.2, -0.15) is 0 Å². The molecule has 2 saturated heterocycles. The number of unbranched alkanes of at least 4 members (excludes halogenated alkanes) is 3. The highest BCUT2D eigenvalue weighted by atomic mass is 16.2. The van der Waals surface area contributed by atoms with E-state index in [1.165, 1.54) is 23.8 Å². The minimum atomic E-state index is -0.275. The Balaban J connectivity index is 1.55. The maximum absolute atomic E-state index is 13.1. The molecule has 1 N–H and O–H groups in total. The zero-order valence-corrected chi connectivity index (χ0v) is 17.1. The van der Waals surface area contributed by atoms with Crippen LogP contribution in [0, 0.1) is 0 Å². The molecular formula is C22H32N4O2. The number of nitrogens with one attached hydrogen (secondary N) is 1. The van der Waals surface area contributed by atoms with Crippen molar-refractivity contribution in [3.05, 3.63) is 34.7 Å². The summed E-state index contributed by atoms with van der Waals surface area (Å²) >= 11 is 0. The molecule has 152 valence electrons. The Bertz CT molecular complexity index is 886. The predicted octanol–water partition coefficient (Wildman–Crippen LogP) is 3.57. The maximum atomic E-state index is 13.1. The molecule has 0 spiro atoms. The molecule has 2 fully saturated rings. The first-order valence-electron chi connectivity index (χ1n) is 10.8. The van der Waals surface area contributed by atoms with Gasteiger partial charge in [-0.05, 0) is 51.3 Å². The summed E-state index contributed by atoms with van der Waals surface area (Å²) in [6.07, 6.45) is 8.78. The first-order valence-corrected chi connectivity index (χ1v) is 10.8. The summed E-state index contributed by atoms with van der Waals surface area (Å²) in [7, 11) is 2.19. The van der Waals surface area contributed by atoms with Crippen LogP contribution in [0.2, 0.25) is 0 Å². The number of fused-ring (bicyclic) bond motifs is 3. The van der Waals surface area contributed by atoms with Crippen molar-refractivity contribution in [2.45, 2.75) is 83.0 Å². The summed E-state index contributed by atoms with van der Waals surface area (Å²) in [5, 5.41) is 3.16. The standard InChI is InChI=1S/C22H32N4O2/c1-3-4-5-8-13-25-19-9-6-7-10-20(19)26(22(25)28)21(27)23-16-14-17-11-12-18(15-16)24(17)2/h6-7,9-10,16-18H,3-5,8,11-15H2,1-2H3,(H,23,27). The Kier molecular flexibility index (Phi) is 5.58. The molecule has 3 heterocycles. The van der Waals surface area contributed by atoms with E-state index in [1.807, 2.05) is 24.3 Å². The number of hydrogen-bond acceptors (Lipinski definition) is 3. The van der Waals surface area contributed by atoms with Gasteiger partial charge in [0, 0.05) is 24.7 Å². The predicted molar refractivity (Wildman–Crippen MR) is 112 cm³/mol. The molecule has 0 aliphatic carbocycles. The fraction of sp³-hybridized carbons (Fsp3) is 0.636. The van der Waals surface area contributed by atoms with Crippen LogP contribution in [0.4, 0.5) is 4.79 Å². The van der Waals surface area contributed by atoms with Gasteiger partial charge in [-0.1, -0.05) is 38.3 Å². The molecule has 6 heteroatoms. The van der Waals surface area contributed by atoms with E-state index in [2.05, 4.69) is 24.2 Å². The average molecular weight is 385 g/mol. The van der Waals surface area contributed by atoms with Crippen LogP contribution in [0.1, 0.15) is 58.3 Å². The van der Waals surface area contributed by atoms with Crippen molar-refractivity contribution in [2.75, 3.05) is 7.05 Å². The second-order valence-electron chi connectivity index (χ2n) is 8.49. The third-order valence-electron chi connectivity index (χ3n) is 6.70. The van der Waals surface area contributed by atoms with E-state index in [0.717, 1.165) is 37.6 Å². The Morgan fingerprint density at radius 2 is 1.75 bits per heavy atom. The first kappa shape index (κ1) is 19.2. The molecule has 1 amide bonds. The molecule has 2 aliphatic heterocycles. The molecule has 0 saturated carbocycles. The summed E-state index contributed by atoms with van der Waals surface area (Å²) < 4.78 is 3.11. The molecule has 2 atom stereocenters. The fourth-order valence-corrected chi connectivity index (χ4v) is 5.09. The summed E-state index contributed by atoms with van der Waals surface area (Å²) in [4.78, 5) is 28.6. The smallest absolute Gasteiger partial charge is 0.334 e. The third kappa shape index (κ3) is 3.50. The lowest BCUT2D eigenvalue weighted by Gasteiger charge is -2.36. The number of aryl methyl sites for hydroxylation is 1. The van der Waals surface area contributed by atoms with Crippen LogP contribution in [-0.4, -0.2) is 45.2 Å². The second kappa shape index (κ2) is 8.11. The number of nitrogens with zero attached hydrogens (tertiary/aromatic N) is 3. The number of carbonyl (C=O) groups excluding carboxylic acids is 1. The van der Waals surface area contributed by atoms with Gasteiger partial charge in [-0.25, -0.2) is 14.2 Å². The van der Waals surface area contributed by atoms with Crippen molar-refractivity contribution in [1.82, 2.24) is 19.4 Å². The lowest BCUT2D eigenvalue weighted by Crippen LogP contribution is -2.50. The summed E-state index contributed by atoms with van der Waals surface area (Å²) in [5.41, 5.74) is 1.34. The minimum Gasteiger partial charge on any atom is -0.334 e. The number of para-hydroxylation sites is 2. The van der Waals surface area contributed by atoms with Gasteiger partial charge in [-0.3, -0.25) is 4.57 Å². The monoisotopic (exact) mass is 384 g/mol. The molecule has 1 aromatic heterocycles. The van der Waals surface area contributed by atoms with Gasteiger partial charge in [0.2, 0.25) is 0 Å². The third-order valence-corrected chi connectivity index (χ3v) is 6.70. The van der Waals surface area contributed by atoms with Crippen LogP contribution in [-0.2, 0) is 6.54 Å². The summed E-state index contributed by atoms with van der Waals surface area (Å²) in [5.74, 6) is 0. The lowest BCUT2D eigenvalue weighted by atomic mass is 9.98. The number of amides is 1. The quantitative estimate of drug-likeness (QED) is 0.775. The van der Waals surface area contributed by atoms with Gasteiger partial charge >= 0.3 is 11.7 Å². The van der Waals surface area contributed by atoms with Crippen molar-refractivity contribution in [3.63, 3.8) is 0 Å². The fourth-order valence-electron chi connectivity index (χ4n) is 5.09. The maximum Gasteiger partial charge on any atom is 0.337 e. The molecular weight excluding hydrogens is 352 g/mol. The van der Waals surface area contributed by atoms with E-state index in [4.69, 9.17) is 0 Å². The van der Waals surface area contributed by atoms with Gasteiger partial charge in [0.05, 0.1) is 11.0 Å². The molecule has 2 aromatic rings. The minimum absolute atomic E-state index is 0.153. The number of piperidine rings is 1. The molecule has 6 nitrogen and oxygen atoms in total. The number of carbonyl (C=O) groups is 1. The van der Waals surface area contributed by atoms with Crippen molar-refractivity contribution in [1.29, 1.82) is 0 Å². The van der Waals surface area contributed by atoms with Crippen LogP contribution in [0.3, 0.4) is 0 Å². The van der Waals surface area contributed by atoms with Crippen molar-refractivity contribution in [3.8, 4) is 0 Å². The zero-order chi connectivity index (χ0) is 19.7. The van der Waals surface area contributed by atoms with Gasteiger partial charge in [0.1, 0.15) is 0 Å². The van der Waals surface area contributed by atoms with E-state index >= 15 is 0 Å². The molecule has 0 radical (unpaired) electrons. The normalized spacial score (nSPS) is 24.7. The lowest BCUT2D eigenvalue weighted by molar-refractivity contribution is 0.149. The first-order chi connectivity index (χ1) is 13.6. The highest BCUT2D eigenvalue weighted by molar-refractivity contribution is 5.89. The van der Waals surface area contributed by atoms with E-state index < -0.39 is 0 Å². The Morgan fingerprint density at radius 3 is 2.43 bits per heavy atom. The van der Waals surface area contributed by atoms with Crippen molar-refractivity contribution in [2.24, 2.45) is 0 Å². The van der Waals surface area contributed by atoms with Gasteiger partial charge in [0.25, 0.3) is 0 Å². The van der Waals surface area contributed by atoms with Gasteiger partial charge in [0.15, 0.2) is 0 Å². The number of hydrogen-bond donors (Lipinski definition) is 1. The Morgan fingerprint density at radius 1 is 1.07 bits per heavy atom. The van der Waals surface area contributed by atoms with Crippen LogP contribution in [0.5, 0.6) is 0 Å². The highest BCUT2D eigenvalue weighted by Gasteiger charge is 2.39. The molecule has 28 heavy (non-hydrogen) atoms. The number of imidazole rings is 1. The summed E-state index contributed by atoms with van der Waals surface area (Å²) in [6, 6.07) is 8.63. The summed E-state index contributed by atoms with van der Waals surface area (Å²) in [6.45, 7) is 2.84. The number of aromatic nitrogens is 2. The molecule has 2 aliphatic rings. The molecule has 2 bridgehead atoms. The van der Waals surface area contributed by atoms with E-state index in [-0.39, 0.29) is 17.8 Å². The number of benzene rings is 1. The topological polar surface area (TPSA) is 59.3 Å². The van der Waals surface area contributed by atoms with Gasteiger partial charge in [-0.15, -0.1) is 0 Å². The van der Waals surface area contributed by atoms with E-state index in [9.17, 15) is 9.59 Å². The van der Waals surface area contributed by atoms with E-state index in [0.29, 0.717) is 24.1 Å². The Hall–Kier alpha value is -2.08. The molecule has 4 rings (SSSR count). The second-order valence-corrected chi connectivity index (χ2v) is 8.49. The van der Waals surface area contributed by atoms with Crippen molar-refractivity contribution >= 4 is 17.1 Å². The largest absolute Gasteiger partial charge is 0.337 e. The van der Waals surface area contributed by atoms with Crippen molar-refractivity contribution < 1.29 is 4.79 Å². The molecule has 2 unspecified atom stereocenters. The van der Waals surface area contributed by atoms with Crippen LogP contribution >= 0.6 is 0 Å². The average Bonchev–Trinajstić information content (AvgIpc) is 3.06. The van der Waals surface area contributed by atoms with E-state index in [1.54, 1.807) is 4.57 Å². The van der Waals surface area contributed by atoms with Crippen LogP contribution in [0.25, 0.3) is 11.0 Å². The molecule has 1 aromatic carbocycles. The SMILES string of the molecule is CCCCCCn1c(=O)n(C(=O)NC2CC3CCC(C2)N3C)c2ccccc21. The highest BCUT2D eigenvalue weighted by Crippen LogP contribution is 2.34. The van der Waals surface area contributed by atoms with Crippen LogP contribution in [0.15, 0.2) is 29.1 Å². The van der Waals surface area contributed by atoms with Gasteiger partial charge < -0.3 is 10.2 Å². The number of rotatable bonds is 6.